The first-order valence-electron chi connectivity index (χ1n) is 6.42. The number of nitrogens with zero attached hydrogens (tertiary/aromatic N) is 1. The van der Waals surface area contributed by atoms with Crippen molar-refractivity contribution in [2.75, 3.05) is 17.5 Å². The van der Waals surface area contributed by atoms with Crippen LogP contribution in [0.4, 0.5) is 5.69 Å². The van der Waals surface area contributed by atoms with E-state index in [0.29, 0.717) is 11.3 Å². The Bertz CT molecular complexity index is 717. The third-order valence-electron chi connectivity index (χ3n) is 3.07. The van der Waals surface area contributed by atoms with Gasteiger partial charge < -0.3 is 5.11 Å². The van der Waals surface area contributed by atoms with E-state index in [1.54, 1.807) is 49.4 Å². The summed E-state index contributed by atoms with van der Waals surface area (Å²) in [6.07, 6.45) is 0. The fourth-order valence-corrected chi connectivity index (χ4v) is 4.03. The minimum atomic E-state index is -3.83. The second-order valence-corrected chi connectivity index (χ2v) is 6.73. The Morgan fingerprint density at radius 2 is 1.76 bits per heavy atom. The first kappa shape index (κ1) is 15.8. The number of halogens is 1. The molecule has 2 aromatic carbocycles. The topological polar surface area (TPSA) is 57.6 Å². The molecular weight excluding hydrogens is 310 g/mol. The highest BCUT2D eigenvalue weighted by molar-refractivity contribution is 7.93. The summed E-state index contributed by atoms with van der Waals surface area (Å²) in [6, 6.07) is 13.5. The number of anilines is 1. The van der Waals surface area contributed by atoms with Crippen molar-refractivity contribution in [3.63, 3.8) is 0 Å². The molecule has 0 spiro atoms. The van der Waals surface area contributed by atoms with Gasteiger partial charge in [-0.15, -0.1) is 0 Å². The van der Waals surface area contributed by atoms with Crippen molar-refractivity contribution in [3.05, 3.63) is 59.1 Å². The van der Waals surface area contributed by atoms with Gasteiger partial charge in [0.2, 0.25) is 0 Å². The Balaban J connectivity index is 2.56. The van der Waals surface area contributed by atoms with Crippen molar-refractivity contribution >= 4 is 27.3 Å². The molecule has 4 nitrogen and oxygen atoms in total. The summed E-state index contributed by atoms with van der Waals surface area (Å²) in [7, 11) is -3.83. The molecule has 0 aliphatic heterocycles. The summed E-state index contributed by atoms with van der Waals surface area (Å²) in [6.45, 7) is 1.44. The van der Waals surface area contributed by atoms with Crippen LogP contribution in [-0.2, 0) is 10.0 Å². The largest absolute Gasteiger partial charge is 0.394 e. The molecule has 0 bridgehead atoms. The van der Waals surface area contributed by atoms with Crippen LogP contribution in [0.5, 0.6) is 0 Å². The molecule has 0 fully saturated rings. The zero-order chi connectivity index (χ0) is 15.5. The standard InChI is InChI=1S/C15H16ClNO3S/c1-12-6-5-9-14(15(12)16)21(19,20)17(10-11-18)13-7-3-2-4-8-13/h2-9,18H,10-11H2,1H3. The SMILES string of the molecule is Cc1cccc(S(=O)(=O)N(CCO)c2ccccc2)c1Cl. The van der Waals surface area contributed by atoms with Crippen molar-refractivity contribution < 1.29 is 13.5 Å². The van der Waals surface area contributed by atoms with Gasteiger partial charge >= 0.3 is 0 Å². The van der Waals surface area contributed by atoms with Crippen LogP contribution in [0.15, 0.2) is 53.4 Å². The summed E-state index contributed by atoms with van der Waals surface area (Å²) in [5.41, 5.74) is 1.18. The van der Waals surface area contributed by atoms with Crippen LogP contribution in [-0.4, -0.2) is 26.7 Å². The molecule has 0 saturated heterocycles. The van der Waals surface area contributed by atoms with Gasteiger partial charge in [-0.2, -0.15) is 0 Å². The molecule has 0 atom stereocenters. The van der Waals surface area contributed by atoms with E-state index in [4.69, 9.17) is 11.6 Å². The normalized spacial score (nSPS) is 11.4. The number of hydrogen-bond acceptors (Lipinski definition) is 3. The van der Waals surface area contributed by atoms with Gasteiger partial charge in [0, 0.05) is 0 Å². The number of aliphatic hydroxyl groups excluding tert-OH is 1. The highest BCUT2D eigenvalue weighted by Crippen LogP contribution is 2.30. The maximum Gasteiger partial charge on any atom is 0.265 e. The lowest BCUT2D eigenvalue weighted by Gasteiger charge is -2.24. The van der Waals surface area contributed by atoms with Gasteiger partial charge in [-0.25, -0.2) is 8.42 Å². The lowest BCUT2D eigenvalue weighted by molar-refractivity contribution is 0.306. The van der Waals surface area contributed by atoms with Crippen LogP contribution in [0.25, 0.3) is 0 Å². The molecule has 0 aromatic heterocycles. The van der Waals surface area contributed by atoms with Crippen LogP contribution < -0.4 is 4.31 Å². The Hall–Kier alpha value is -1.56. The minimum absolute atomic E-state index is 0.0311. The van der Waals surface area contributed by atoms with Gasteiger partial charge in [0.15, 0.2) is 0 Å². The van der Waals surface area contributed by atoms with E-state index in [1.807, 2.05) is 0 Å². The molecule has 1 N–H and O–H groups in total. The Morgan fingerprint density at radius 3 is 2.38 bits per heavy atom. The Kier molecular flexibility index (Phi) is 4.88. The summed E-state index contributed by atoms with van der Waals surface area (Å²) < 4.78 is 26.8. The Labute approximate surface area is 129 Å². The summed E-state index contributed by atoms with van der Waals surface area (Å²) in [5.74, 6) is 0. The van der Waals surface area contributed by atoms with Crippen LogP contribution in [0, 0.1) is 6.92 Å². The highest BCUT2D eigenvalue weighted by Gasteiger charge is 2.27. The van der Waals surface area contributed by atoms with E-state index in [2.05, 4.69) is 0 Å². The zero-order valence-electron chi connectivity index (χ0n) is 11.5. The van der Waals surface area contributed by atoms with E-state index in [9.17, 15) is 13.5 Å². The molecule has 2 rings (SSSR count). The monoisotopic (exact) mass is 325 g/mol. The van der Waals surface area contributed by atoms with Crippen LogP contribution in [0.1, 0.15) is 5.56 Å². The molecule has 0 saturated carbocycles. The van der Waals surface area contributed by atoms with Gasteiger partial charge in [0.25, 0.3) is 10.0 Å². The average Bonchev–Trinajstić information content (AvgIpc) is 2.48. The molecule has 0 amide bonds. The molecule has 0 unspecified atom stereocenters. The number of aliphatic hydroxyl groups is 1. The number of sulfonamides is 1. The van der Waals surface area contributed by atoms with Gasteiger partial charge in [-0.1, -0.05) is 41.9 Å². The van der Waals surface area contributed by atoms with Crippen molar-refractivity contribution in [3.8, 4) is 0 Å². The number of benzene rings is 2. The summed E-state index contributed by atoms with van der Waals surface area (Å²) in [5, 5.41) is 9.40. The van der Waals surface area contributed by atoms with E-state index < -0.39 is 10.0 Å². The van der Waals surface area contributed by atoms with Gasteiger partial charge in [0.05, 0.1) is 23.9 Å². The average molecular weight is 326 g/mol. The first-order valence-corrected chi connectivity index (χ1v) is 8.24. The highest BCUT2D eigenvalue weighted by atomic mass is 35.5. The number of aryl methyl sites for hydroxylation is 1. The smallest absolute Gasteiger partial charge is 0.265 e. The van der Waals surface area contributed by atoms with Crippen molar-refractivity contribution in [1.29, 1.82) is 0 Å². The van der Waals surface area contributed by atoms with Crippen LogP contribution in [0.2, 0.25) is 5.02 Å². The van der Waals surface area contributed by atoms with E-state index >= 15 is 0 Å². The molecule has 2 aromatic rings. The maximum absolute atomic E-state index is 12.8. The summed E-state index contributed by atoms with van der Waals surface area (Å²) in [4.78, 5) is 0.0430. The second-order valence-electron chi connectivity index (χ2n) is 4.52. The lowest BCUT2D eigenvalue weighted by atomic mass is 10.2. The Morgan fingerprint density at radius 1 is 1.10 bits per heavy atom. The van der Waals surface area contributed by atoms with Gasteiger partial charge in [-0.3, -0.25) is 4.31 Å². The molecule has 112 valence electrons. The fraction of sp³-hybridized carbons (Fsp3) is 0.200. The molecule has 0 aliphatic carbocycles. The van der Waals surface area contributed by atoms with Crippen LogP contribution in [0.3, 0.4) is 0 Å². The third kappa shape index (κ3) is 3.20. The quantitative estimate of drug-likeness (QED) is 0.919. The predicted octanol–water partition coefficient (Wildman–Crippen LogP) is 2.84. The first-order chi connectivity index (χ1) is 9.98. The van der Waals surface area contributed by atoms with Crippen LogP contribution >= 0.6 is 11.6 Å². The lowest BCUT2D eigenvalue weighted by Crippen LogP contribution is -2.33. The molecule has 0 radical (unpaired) electrons. The molecule has 0 heterocycles. The van der Waals surface area contributed by atoms with Crippen molar-refractivity contribution in [1.82, 2.24) is 0 Å². The molecule has 21 heavy (non-hydrogen) atoms. The fourth-order valence-electron chi connectivity index (χ4n) is 2.01. The summed E-state index contributed by atoms with van der Waals surface area (Å²) >= 11 is 6.14. The predicted molar refractivity (Wildman–Crippen MR) is 84.2 cm³/mol. The van der Waals surface area contributed by atoms with E-state index in [1.165, 1.54) is 6.07 Å². The molecule has 0 aliphatic rings. The molecular formula is C15H16ClNO3S. The second kappa shape index (κ2) is 6.47. The zero-order valence-corrected chi connectivity index (χ0v) is 13.1. The molecule has 6 heteroatoms. The van der Waals surface area contributed by atoms with Gasteiger partial charge in [-0.05, 0) is 30.7 Å². The van der Waals surface area contributed by atoms with E-state index in [0.717, 1.165) is 4.31 Å². The number of rotatable bonds is 5. The van der Waals surface area contributed by atoms with Crippen molar-refractivity contribution in [2.24, 2.45) is 0 Å². The number of para-hydroxylation sites is 1. The number of hydrogen-bond donors (Lipinski definition) is 1. The minimum Gasteiger partial charge on any atom is -0.394 e. The maximum atomic E-state index is 12.8. The van der Waals surface area contributed by atoms with E-state index in [-0.39, 0.29) is 23.1 Å². The third-order valence-corrected chi connectivity index (χ3v) is 5.56. The van der Waals surface area contributed by atoms with Gasteiger partial charge in [0.1, 0.15) is 4.90 Å². The van der Waals surface area contributed by atoms with Crippen molar-refractivity contribution in [2.45, 2.75) is 11.8 Å².